The Hall–Kier alpha value is -2.60. The van der Waals surface area contributed by atoms with Gasteiger partial charge in [0.05, 0.1) is 7.11 Å². The molecule has 0 aliphatic carbocycles. The van der Waals surface area contributed by atoms with Crippen molar-refractivity contribution in [3.63, 3.8) is 0 Å². The number of pyridine rings is 1. The maximum atomic E-state index is 12.3. The number of carbonyl (C=O) groups excluding carboxylic acids is 1. The van der Waals surface area contributed by atoms with Gasteiger partial charge < -0.3 is 15.0 Å². The number of aromatic nitrogens is 1. The SMILES string of the molecule is COc1ccc(NC(=O)N2CCN(Cc3ccncc3)CC2)cc1. The molecular formula is C18H22N4O2. The molecule has 24 heavy (non-hydrogen) atoms. The summed E-state index contributed by atoms with van der Waals surface area (Å²) in [5.41, 5.74) is 2.03. The Morgan fingerprint density at radius 1 is 1.08 bits per heavy atom. The predicted octanol–water partition coefficient (Wildman–Crippen LogP) is 2.44. The number of ether oxygens (including phenoxy) is 1. The van der Waals surface area contributed by atoms with Gasteiger partial charge >= 0.3 is 6.03 Å². The van der Waals surface area contributed by atoms with Crippen molar-refractivity contribution in [2.24, 2.45) is 0 Å². The van der Waals surface area contributed by atoms with Crippen molar-refractivity contribution in [2.45, 2.75) is 6.54 Å². The fourth-order valence-corrected chi connectivity index (χ4v) is 2.73. The van der Waals surface area contributed by atoms with Crippen LogP contribution in [-0.2, 0) is 6.54 Å². The lowest BCUT2D eigenvalue weighted by Crippen LogP contribution is -2.49. The van der Waals surface area contributed by atoms with Gasteiger partial charge in [-0.1, -0.05) is 0 Å². The third kappa shape index (κ3) is 4.23. The van der Waals surface area contributed by atoms with Gasteiger partial charge in [0.25, 0.3) is 0 Å². The molecule has 0 spiro atoms. The first kappa shape index (κ1) is 16.3. The van der Waals surface area contributed by atoms with Gasteiger partial charge in [0, 0.05) is 50.8 Å². The Kier molecular flexibility index (Phi) is 5.28. The quantitative estimate of drug-likeness (QED) is 0.937. The van der Waals surface area contributed by atoms with Crippen LogP contribution in [0.25, 0.3) is 0 Å². The van der Waals surface area contributed by atoms with Gasteiger partial charge in [0.2, 0.25) is 0 Å². The Balaban J connectivity index is 1.47. The second-order valence-electron chi connectivity index (χ2n) is 5.78. The molecule has 0 unspecified atom stereocenters. The highest BCUT2D eigenvalue weighted by atomic mass is 16.5. The van der Waals surface area contributed by atoms with E-state index in [0.29, 0.717) is 0 Å². The molecule has 1 aliphatic heterocycles. The first-order valence-electron chi connectivity index (χ1n) is 8.06. The average Bonchev–Trinajstić information content (AvgIpc) is 2.64. The van der Waals surface area contributed by atoms with E-state index in [2.05, 4.69) is 15.2 Å². The van der Waals surface area contributed by atoms with E-state index in [-0.39, 0.29) is 6.03 Å². The van der Waals surface area contributed by atoms with Gasteiger partial charge in [-0.15, -0.1) is 0 Å². The molecule has 1 saturated heterocycles. The summed E-state index contributed by atoms with van der Waals surface area (Å²) < 4.78 is 5.12. The fourth-order valence-electron chi connectivity index (χ4n) is 2.73. The molecular weight excluding hydrogens is 304 g/mol. The second kappa shape index (κ2) is 7.79. The van der Waals surface area contributed by atoms with E-state index in [0.717, 1.165) is 44.2 Å². The Labute approximate surface area is 142 Å². The average molecular weight is 326 g/mol. The third-order valence-electron chi connectivity index (χ3n) is 4.16. The van der Waals surface area contributed by atoms with Gasteiger partial charge in [-0.25, -0.2) is 4.79 Å². The van der Waals surface area contributed by atoms with E-state index in [4.69, 9.17) is 4.74 Å². The molecule has 0 saturated carbocycles. The van der Waals surface area contributed by atoms with Crippen molar-refractivity contribution >= 4 is 11.7 Å². The summed E-state index contributed by atoms with van der Waals surface area (Å²) in [6.07, 6.45) is 3.63. The molecule has 6 nitrogen and oxygen atoms in total. The van der Waals surface area contributed by atoms with Crippen molar-refractivity contribution in [1.82, 2.24) is 14.8 Å². The maximum absolute atomic E-state index is 12.3. The van der Waals surface area contributed by atoms with E-state index < -0.39 is 0 Å². The normalized spacial score (nSPS) is 15.1. The molecule has 1 N–H and O–H groups in total. The van der Waals surface area contributed by atoms with E-state index >= 15 is 0 Å². The standard InChI is InChI=1S/C18H22N4O2/c1-24-17-4-2-16(3-5-17)20-18(23)22-12-10-21(11-13-22)14-15-6-8-19-9-7-15/h2-9H,10-14H2,1H3,(H,20,23). The summed E-state index contributed by atoms with van der Waals surface area (Å²) in [6, 6.07) is 11.4. The van der Waals surface area contributed by atoms with Crippen LogP contribution in [0.1, 0.15) is 5.56 Å². The third-order valence-corrected chi connectivity index (χ3v) is 4.16. The highest BCUT2D eigenvalue weighted by Crippen LogP contribution is 2.16. The summed E-state index contributed by atoms with van der Waals surface area (Å²) in [7, 11) is 1.62. The van der Waals surface area contributed by atoms with Crippen LogP contribution in [-0.4, -0.2) is 54.1 Å². The summed E-state index contributed by atoms with van der Waals surface area (Å²) >= 11 is 0. The van der Waals surface area contributed by atoms with Crippen LogP contribution < -0.4 is 10.1 Å². The number of amides is 2. The minimum absolute atomic E-state index is 0.0521. The number of carbonyl (C=O) groups is 1. The molecule has 1 aromatic carbocycles. The second-order valence-corrected chi connectivity index (χ2v) is 5.78. The summed E-state index contributed by atoms with van der Waals surface area (Å²) in [4.78, 5) is 20.6. The Morgan fingerprint density at radius 2 is 1.75 bits per heavy atom. The Morgan fingerprint density at radius 3 is 2.38 bits per heavy atom. The molecule has 0 atom stereocenters. The van der Waals surface area contributed by atoms with Crippen LogP contribution in [0.3, 0.4) is 0 Å². The molecule has 126 valence electrons. The molecule has 1 aromatic heterocycles. The largest absolute Gasteiger partial charge is 0.497 e. The number of nitrogens with one attached hydrogen (secondary N) is 1. The number of methoxy groups -OCH3 is 1. The zero-order valence-corrected chi connectivity index (χ0v) is 13.8. The summed E-state index contributed by atoms with van der Waals surface area (Å²) in [5.74, 6) is 0.776. The predicted molar refractivity (Wildman–Crippen MR) is 93.1 cm³/mol. The van der Waals surface area contributed by atoms with Crippen molar-refractivity contribution in [2.75, 3.05) is 38.6 Å². The molecule has 3 rings (SSSR count). The van der Waals surface area contributed by atoms with Crippen molar-refractivity contribution in [3.8, 4) is 5.75 Å². The lowest BCUT2D eigenvalue weighted by molar-refractivity contribution is 0.143. The summed E-state index contributed by atoms with van der Waals surface area (Å²) in [5, 5.41) is 2.93. The molecule has 1 fully saturated rings. The molecule has 2 heterocycles. The van der Waals surface area contributed by atoms with Gasteiger partial charge in [-0.2, -0.15) is 0 Å². The van der Waals surface area contributed by atoms with Crippen LogP contribution in [0.2, 0.25) is 0 Å². The minimum Gasteiger partial charge on any atom is -0.497 e. The smallest absolute Gasteiger partial charge is 0.321 e. The minimum atomic E-state index is -0.0521. The molecule has 2 amide bonds. The van der Waals surface area contributed by atoms with Gasteiger partial charge in [0.15, 0.2) is 0 Å². The number of anilines is 1. The van der Waals surface area contributed by atoms with E-state index in [1.807, 2.05) is 53.7 Å². The Bertz CT molecular complexity index is 652. The molecule has 0 bridgehead atoms. The van der Waals surface area contributed by atoms with Crippen LogP contribution in [0.15, 0.2) is 48.8 Å². The molecule has 1 aliphatic rings. The van der Waals surface area contributed by atoms with Gasteiger partial charge in [-0.3, -0.25) is 9.88 Å². The lowest BCUT2D eigenvalue weighted by Gasteiger charge is -2.34. The van der Waals surface area contributed by atoms with Crippen LogP contribution >= 0.6 is 0 Å². The number of urea groups is 1. The highest BCUT2D eigenvalue weighted by molar-refractivity contribution is 5.89. The van der Waals surface area contributed by atoms with Crippen molar-refractivity contribution in [1.29, 1.82) is 0 Å². The number of piperazine rings is 1. The molecule has 2 aromatic rings. The maximum Gasteiger partial charge on any atom is 0.321 e. The van der Waals surface area contributed by atoms with Crippen molar-refractivity contribution < 1.29 is 9.53 Å². The number of rotatable bonds is 4. The topological polar surface area (TPSA) is 57.7 Å². The zero-order valence-electron chi connectivity index (χ0n) is 13.8. The van der Waals surface area contributed by atoms with E-state index in [9.17, 15) is 4.79 Å². The van der Waals surface area contributed by atoms with Gasteiger partial charge in [0.1, 0.15) is 5.75 Å². The fraction of sp³-hybridized carbons (Fsp3) is 0.333. The molecule has 6 heteroatoms. The lowest BCUT2D eigenvalue weighted by atomic mass is 10.2. The highest BCUT2D eigenvalue weighted by Gasteiger charge is 2.21. The number of hydrogen-bond donors (Lipinski definition) is 1. The van der Waals surface area contributed by atoms with Gasteiger partial charge in [-0.05, 0) is 42.0 Å². The summed E-state index contributed by atoms with van der Waals surface area (Å²) in [6.45, 7) is 4.10. The van der Waals surface area contributed by atoms with Crippen LogP contribution in [0.4, 0.5) is 10.5 Å². The first-order valence-corrected chi connectivity index (χ1v) is 8.06. The van der Waals surface area contributed by atoms with Crippen molar-refractivity contribution in [3.05, 3.63) is 54.4 Å². The monoisotopic (exact) mass is 326 g/mol. The van der Waals surface area contributed by atoms with Crippen LogP contribution in [0, 0.1) is 0 Å². The number of benzene rings is 1. The van der Waals surface area contributed by atoms with Crippen LogP contribution in [0.5, 0.6) is 5.75 Å². The zero-order chi connectivity index (χ0) is 16.8. The van der Waals surface area contributed by atoms with E-state index in [1.54, 1.807) is 7.11 Å². The molecule has 0 radical (unpaired) electrons. The number of hydrogen-bond acceptors (Lipinski definition) is 4. The first-order chi connectivity index (χ1) is 11.7. The number of nitrogens with zero attached hydrogens (tertiary/aromatic N) is 3. The van der Waals surface area contributed by atoms with E-state index in [1.165, 1.54) is 5.56 Å².